The zero-order valence-electron chi connectivity index (χ0n) is 12.3. The second kappa shape index (κ2) is 5.19. The van der Waals surface area contributed by atoms with Crippen molar-refractivity contribution in [1.29, 1.82) is 0 Å². The first-order valence-electron chi connectivity index (χ1n) is 7.41. The lowest BCUT2D eigenvalue weighted by atomic mass is 9.83. The van der Waals surface area contributed by atoms with Gasteiger partial charge in [0.15, 0.2) is 0 Å². The van der Waals surface area contributed by atoms with E-state index in [0.717, 1.165) is 44.0 Å². The number of piperazine rings is 1. The predicted molar refractivity (Wildman–Crippen MR) is 81.1 cm³/mol. The Kier molecular flexibility index (Phi) is 3.52. The van der Waals surface area contributed by atoms with E-state index in [1.165, 1.54) is 5.56 Å². The topological polar surface area (TPSA) is 44.4 Å². The highest BCUT2D eigenvalue weighted by Crippen LogP contribution is 2.31. The third-order valence-corrected chi connectivity index (χ3v) is 4.34. The van der Waals surface area contributed by atoms with Gasteiger partial charge in [-0.15, -0.1) is 0 Å². The van der Waals surface area contributed by atoms with Gasteiger partial charge in [-0.3, -0.25) is 9.69 Å². The minimum atomic E-state index is 0.108. The van der Waals surface area contributed by atoms with E-state index in [4.69, 9.17) is 0 Å². The van der Waals surface area contributed by atoms with Crippen molar-refractivity contribution in [3.63, 3.8) is 0 Å². The van der Waals surface area contributed by atoms with Crippen LogP contribution < -0.4 is 10.6 Å². The van der Waals surface area contributed by atoms with Crippen molar-refractivity contribution in [2.24, 2.45) is 0 Å². The molecule has 20 heavy (non-hydrogen) atoms. The fraction of sp³-hybridized carbons (Fsp3) is 0.562. The van der Waals surface area contributed by atoms with Gasteiger partial charge < -0.3 is 10.6 Å². The van der Waals surface area contributed by atoms with Crippen LogP contribution in [0.25, 0.3) is 0 Å². The fourth-order valence-electron chi connectivity index (χ4n) is 3.17. The second-order valence-corrected chi connectivity index (χ2v) is 6.51. The summed E-state index contributed by atoms with van der Waals surface area (Å²) >= 11 is 0. The van der Waals surface area contributed by atoms with Crippen molar-refractivity contribution < 1.29 is 4.79 Å². The molecule has 1 aromatic rings. The molecule has 1 amide bonds. The molecule has 0 spiro atoms. The number of fused-ring (bicyclic) bond motifs is 1. The Morgan fingerprint density at radius 1 is 1.25 bits per heavy atom. The van der Waals surface area contributed by atoms with E-state index >= 15 is 0 Å². The molecule has 4 nitrogen and oxygen atoms in total. The first kappa shape index (κ1) is 13.6. The van der Waals surface area contributed by atoms with Crippen LogP contribution in [0, 0.1) is 0 Å². The molecule has 2 N–H and O–H groups in total. The van der Waals surface area contributed by atoms with E-state index in [2.05, 4.69) is 47.6 Å². The summed E-state index contributed by atoms with van der Waals surface area (Å²) < 4.78 is 0. The quantitative estimate of drug-likeness (QED) is 0.874. The summed E-state index contributed by atoms with van der Waals surface area (Å²) in [5.74, 6) is 0.108. The van der Waals surface area contributed by atoms with Crippen LogP contribution in [0.1, 0.15) is 25.0 Å². The Morgan fingerprint density at radius 2 is 2.00 bits per heavy atom. The van der Waals surface area contributed by atoms with E-state index in [-0.39, 0.29) is 11.3 Å². The van der Waals surface area contributed by atoms with Crippen LogP contribution >= 0.6 is 0 Å². The van der Waals surface area contributed by atoms with E-state index in [1.54, 1.807) is 0 Å². The Labute approximate surface area is 120 Å². The molecule has 0 radical (unpaired) electrons. The summed E-state index contributed by atoms with van der Waals surface area (Å²) in [5, 5.41) is 6.29. The van der Waals surface area contributed by atoms with Gasteiger partial charge in [0.2, 0.25) is 5.91 Å². The highest BCUT2D eigenvalue weighted by Gasteiger charge is 2.27. The lowest BCUT2D eigenvalue weighted by Gasteiger charge is -2.35. The van der Waals surface area contributed by atoms with Gasteiger partial charge in [-0.05, 0) is 17.2 Å². The molecule has 0 aliphatic carbocycles. The first-order chi connectivity index (χ1) is 9.54. The van der Waals surface area contributed by atoms with Gasteiger partial charge in [0.1, 0.15) is 0 Å². The SMILES string of the molecule is CC(C)(CN1CCNCC1)c1ccc2c(c1)CC(=O)N2. The number of nitrogens with zero attached hydrogens (tertiary/aromatic N) is 1. The van der Waals surface area contributed by atoms with Crippen LogP contribution in [0.4, 0.5) is 5.69 Å². The van der Waals surface area contributed by atoms with Gasteiger partial charge in [0.05, 0.1) is 6.42 Å². The minimum Gasteiger partial charge on any atom is -0.326 e. The molecule has 108 valence electrons. The molecule has 0 unspecified atom stereocenters. The molecular weight excluding hydrogens is 250 g/mol. The van der Waals surface area contributed by atoms with Gasteiger partial charge >= 0.3 is 0 Å². The number of rotatable bonds is 3. The van der Waals surface area contributed by atoms with Crippen LogP contribution in [-0.4, -0.2) is 43.5 Å². The van der Waals surface area contributed by atoms with Crippen LogP contribution in [0.2, 0.25) is 0 Å². The van der Waals surface area contributed by atoms with Gasteiger partial charge in [-0.2, -0.15) is 0 Å². The zero-order valence-corrected chi connectivity index (χ0v) is 12.3. The number of anilines is 1. The number of amides is 1. The summed E-state index contributed by atoms with van der Waals surface area (Å²) in [6.45, 7) is 10.1. The maximum absolute atomic E-state index is 11.5. The smallest absolute Gasteiger partial charge is 0.228 e. The maximum Gasteiger partial charge on any atom is 0.228 e. The number of carbonyl (C=O) groups excluding carboxylic acids is 1. The average Bonchev–Trinajstić information content (AvgIpc) is 2.78. The van der Waals surface area contributed by atoms with Crippen molar-refractivity contribution >= 4 is 11.6 Å². The van der Waals surface area contributed by atoms with E-state index < -0.39 is 0 Å². The average molecular weight is 273 g/mol. The number of hydrogen-bond donors (Lipinski definition) is 2. The van der Waals surface area contributed by atoms with Crippen molar-refractivity contribution in [2.45, 2.75) is 25.7 Å². The highest BCUT2D eigenvalue weighted by atomic mass is 16.1. The van der Waals surface area contributed by atoms with Crippen molar-refractivity contribution in [2.75, 3.05) is 38.0 Å². The standard InChI is InChI=1S/C16H23N3O/c1-16(2,11-19-7-5-17-6-8-19)13-3-4-14-12(9-13)10-15(20)18-14/h3-4,9,17H,5-8,10-11H2,1-2H3,(H,18,20). The molecule has 2 aliphatic heterocycles. The summed E-state index contributed by atoms with van der Waals surface area (Å²) in [6, 6.07) is 6.41. The van der Waals surface area contributed by atoms with Crippen LogP contribution in [0.3, 0.4) is 0 Å². The molecule has 1 saturated heterocycles. The van der Waals surface area contributed by atoms with E-state index in [0.29, 0.717) is 6.42 Å². The fourth-order valence-corrected chi connectivity index (χ4v) is 3.17. The van der Waals surface area contributed by atoms with Crippen LogP contribution in [0.15, 0.2) is 18.2 Å². The van der Waals surface area contributed by atoms with Gasteiger partial charge in [-0.1, -0.05) is 26.0 Å². The number of nitrogens with one attached hydrogen (secondary N) is 2. The monoisotopic (exact) mass is 273 g/mol. The second-order valence-electron chi connectivity index (χ2n) is 6.51. The molecule has 0 atom stereocenters. The summed E-state index contributed by atoms with van der Waals surface area (Å²) in [4.78, 5) is 14.0. The summed E-state index contributed by atoms with van der Waals surface area (Å²) in [6.07, 6.45) is 0.521. The molecule has 3 rings (SSSR count). The van der Waals surface area contributed by atoms with E-state index in [1.807, 2.05) is 0 Å². The van der Waals surface area contributed by atoms with Gasteiger partial charge in [0, 0.05) is 43.8 Å². The molecule has 2 aliphatic rings. The third-order valence-electron chi connectivity index (χ3n) is 4.34. The predicted octanol–water partition coefficient (Wildman–Crippen LogP) is 1.36. The lowest BCUT2D eigenvalue weighted by molar-refractivity contribution is -0.115. The lowest BCUT2D eigenvalue weighted by Crippen LogP contribution is -2.47. The van der Waals surface area contributed by atoms with Crippen molar-refractivity contribution in [3.05, 3.63) is 29.3 Å². The summed E-state index contributed by atoms with van der Waals surface area (Å²) in [5.41, 5.74) is 3.56. The largest absolute Gasteiger partial charge is 0.326 e. The van der Waals surface area contributed by atoms with Crippen molar-refractivity contribution in [3.8, 4) is 0 Å². The van der Waals surface area contributed by atoms with Crippen LogP contribution in [0.5, 0.6) is 0 Å². The number of benzene rings is 1. The van der Waals surface area contributed by atoms with Gasteiger partial charge in [-0.25, -0.2) is 0 Å². The molecule has 0 bridgehead atoms. The Morgan fingerprint density at radius 3 is 2.75 bits per heavy atom. The molecule has 2 heterocycles. The molecule has 1 aromatic carbocycles. The number of hydrogen-bond acceptors (Lipinski definition) is 3. The van der Waals surface area contributed by atoms with E-state index in [9.17, 15) is 4.79 Å². The zero-order chi connectivity index (χ0) is 14.2. The molecule has 0 aromatic heterocycles. The molecule has 1 fully saturated rings. The number of carbonyl (C=O) groups is 1. The van der Waals surface area contributed by atoms with Crippen LogP contribution in [-0.2, 0) is 16.6 Å². The highest BCUT2D eigenvalue weighted by molar-refractivity contribution is 5.99. The molecular formula is C16H23N3O. The third kappa shape index (κ3) is 2.72. The van der Waals surface area contributed by atoms with Crippen molar-refractivity contribution in [1.82, 2.24) is 10.2 Å². The van der Waals surface area contributed by atoms with Gasteiger partial charge in [0.25, 0.3) is 0 Å². The Bertz CT molecular complexity index is 518. The molecule has 0 saturated carbocycles. The summed E-state index contributed by atoms with van der Waals surface area (Å²) in [7, 11) is 0. The Hall–Kier alpha value is -1.39. The normalized spacial score (nSPS) is 19.8. The molecule has 4 heteroatoms. The Balaban J connectivity index is 1.77. The first-order valence-corrected chi connectivity index (χ1v) is 7.41. The minimum absolute atomic E-state index is 0.108. The maximum atomic E-state index is 11.5.